The fraction of sp³-hybridized carbons (Fsp3) is 0.720. The Hall–Kier alpha value is -1.61. The Bertz CT molecular complexity index is 600. The molecule has 0 heterocycles. The van der Waals surface area contributed by atoms with E-state index < -0.39 is 0 Å². The Balaban J connectivity index is -0.00000512. The standard InChI is InChI=1S/C25H47N5O3.2ClH/c1-3-5-7-9-14-23(31)28-16-11-12-18-30(25(33)22(20-26)21-27)19-13-17-29-24(32)15-10-8-6-4-2;;/h5-8,22H,3-4,9-21,26-27H2,1-2H3,(H,28,31)(H,29,32);2*1H/b7-5-,8-6-;;. The van der Waals surface area contributed by atoms with Crippen molar-refractivity contribution in [2.24, 2.45) is 17.4 Å². The quantitative estimate of drug-likeness (QED) is 0.140. The van der Waals surface area contributed by atoms with Gasteiger partial charge >= 0.3 is 0 Å². The van der Waals surface area contributed by atoms with Gasteiger partial charge in [0.25, 0.3) is 0 Å². The summed E-state index contributed by atoms with van der Waals surface area (Å²) in [7, 11) is 0. The summed E-state index contributed by atoms with van der Waals surface area (Å²) in [4.78, 5) is 38.3. The second-order valence-electron chi connectivity index (χ2n) is 8.09. The van der Waals surface area contributed by atoms with Crippen LogP contribution in [0.15, 0.2) is 24.3 Å². The molecule has 0 aliphatic heterocycles. The lowest BCUT2D eigenvalue weighted by Gasteiger charge is -2.26. The highest BCUT2D eigenvalue weighted by Crippen LogP contribution is 2.05. The summed E-state index contributed by atoms with van der Waals surface area (Å²) >= 11 is 0. The third kappa shape index (κ3) is 21.4. The molecule has 0 aliphatic carbocycles. The van der Waals surface area contributed by atoms with Crippen molar-refractivity contribution in [1.29, 1.82) is 0 Å². The van der Waals surface area contributed by atoms with E-state index in [1.54, 1.807) is 4.90 Å². The maximum absolute atomic E-state index is 12.8. The topological polar surface area (TPSA) is 131 Å². The highest BCUT2D eigenvalue weighted by Gasteiger charge is 2.21. The molecule has 0 aromatic carbocycles. The van der Waals surface area contributed by atoms with Crippen LogP contribution in [0.3, 0.4) is 0 Å². The van der Waals surface area contributed by atoms with Crippen LogP contribution < -0.4 is 22.1 Å². The van der Waals surface area contributed by atoms with Gasteiger partial charge in [0.05, 0.1) is 5.92 Å². The van der Waals surface area contributed by atoms with E-state index in [1.165, 1.54) is 0 Å². The van der Waals surface area contributed by atoms with Crippen LogP contribution in [0.5, 0.6) is 0 Å². The molecular formula is C25H49Cl2N5O3. The zero-order chi connectivity index (χ0) is 24.7. The van der Waals surface area contributed by atoms with Crippen LogP contribution >= 0.6 is 24.8 Å². The second-order valence-corrected chi connectivity index (χ2v) is 8.09. The summed E-state index contributed by atoms with van der Waals surface area (Å²) in [6.45, 7) is 6.81. The molecule has 35 heavy (non-hydrogen) atoms. The maximum Gasteiger partial charge on any atom is 0.228 e. The van der Waals surface area contributed by atoms with Gasteiger partial charge in [-0.25, -0.2) is 0 Å². The molecule has 0 aromatic heterocycles. The number of halogens is 2. The van der Waals surface area contributed by atoms with Gasteiger partial charge < -0.3 is 27.0 Å². The fourth-order valence-electron chi connectivity index (χ4n) is 3.22. The first-order valence-electron chi connectivity index (χ1n) is 12.5. The highest BCUT2D eigenvalue weighted by molar-refractivity contribution is 5.85. The second kappa shape index (κ2) is 27.0. The molecule has 0 aliphatic rings. The van der Waals surface area contributed by atoms with Crippen LogP contribution in [0.1, 0.15) is 71.6 Å². The third-order valence-corrected chi connectivity index (χ3v) is 5.21. The lowest BCUT2D eigenvalue weighted by Crippen LogP contribution is -2.44. The molecule has 206 valence electrons. The molecule has 0 rings (SSSR count). The number of unbranched alkanes of at least 4 members (excludes halogenated alkanes) is 1. The minimum Gasteiger partial charge on any atom is -0.356 e. The van der Waals surface area contributed by atoms with Gasteiger partial charge in [-0.1, -0.05) is 38.2 Å². The molecule has 8 nitrogen and oxygen atoms in total. The van der Waals surface area contributed by atoms with E-state index in [9.17, 15) is 14.4 Å². The molecule has 0 fully saturated rings. The number of nitrogens with zero attached hydrogens (tertiary/aromatic N) is 1. The van der Waals surface area contributed by atoms with Crippen LogP contribution in [0.25, 0.3) is 0 Å². The highest BCUT2D eigenvalue weighted by atomic mass is 35.5. The van der Waals surface area contributed by atoms with Gasteiger partial charge in [-0.2, -0.15) is 0 Å². The summed E-state index contributed by atoms with van der Waals surface area (Å²) in [5, 5.41) is 5.84. The van der Waals surface area contributed by atoms with Crippen LogP contribution in [-0.2, 0) is 14.4 Å². The molecule has 0 atom stereocenters. The Kier molecular flexibility index (Phi) is 29.2. The number of allylic oxidation sites excluding steroid dienone is 4. The Labute approximate surface area is 224 Å². The molecule has 6 N–H and O–H groups in total. The van der Waals surface area contributed by atoms with Crippen molar-refractivity contribution in [3.8, 4) is 0 Å². The van der Waals surface area contributed by atoms with Gasteiger partial charge in [0.2, 0.25) is 17.7 Å². The summed E-state index contributed by atoms with van der Waals surface area (Å²) in [6.07, 6.45) is 14.8. The Morgan fingerprint density at radius 3 is 1.66 bits per heavy atom. The Morgan fingerprint density at radius 2 is 1.20 bits per heavy atom. The van der Waals surface area contributed by atoms with Crippen molar-refractivity contribution in [2.45, 2.75) is 71.6 Å². The molecule has 0 bridgehead atoms. The third-order valence-electron chi connectivity index (χ3n) is 5.21. The van der Waals surface area contributed by atoms with Crippen molar-refractivity contribution in [2.75, 3.05) is 39.3 Å². The molecule has 0 spiro atoms. The molecule has 0 aromatic rings. The monoisotopic (exact) mass is 537 g/mol. The lowest BCUT2D eigenvalue weighted by atomic mass is 10.1. The van der Waals surface area contributed by atoms with E-state index >= 15 is 0 Å². The molecule has 10 heteroatoms. The van der Waals surface area contributed by atoms with Gasteiger partial charge in [-0.3, -0.25) is 14.4 Å². The number of nitrogens with one attached hydrogen (secondary N) is 2. The summed E-state index contributed by atoms with van der Waals surface area (Å²) in [5.41, 5.74) is 11.4. The van der Waals surface area contributed by atoms with Gasteiger partial charge in [0.15, 0.2) is 0 Å². The first-order chi connectivity index (χ1) is 16.0. The van der Waals surface area contributed by atoms with Crippen LogP contribution in [-0.4, -0.2) is 61.9 Å². The smallest absolute Gasteiger partial charge is 0.228 e. The minimum atomic E-state index is -0.388. The van der Waals surface area contributed by atoms with Gasteiger partial charge in [-0.05, 0) is 44.9 Å². The number of rotatable bonds is 20. The van der Waals surface area contributed by atoms with E-state index in [1.807, 2.05) is 12.2 Å². The largest absolute Gasteiger partial charge is 0.356 e. The normalized spacial score (nSPS) is 10.8. The number of carbonyl (C=O) groups excluding carboxylic acids is 3. The molecule has 3 amide bonds. The van der Waals surface area contributed by atoms with Gasteiger partial charge in [0, 0.05) is 52.1 Å². The maximum atomic E-state index is 12.8. The molecule has 0 saturated heterocycles. The first-order valence-corrected chi connectivity index (χ1v) is 12.5. The molecule has 0 radical (unpaired) electrons. The van der Waals surface area contributed by atoms with Crippen molar-refractivity contribution in [3.05, 3.63) is 24.3 Å². The lowest BCUT2D eigenvalue weighted by molar-refractivity contribution is -0.135. The zero-order valence-corrected chi connectivity index (χ0v) is 23.3. The van der Waals surface area contributed by atoms with E-state index in [0.29, 0.717) is 45.4 Å². The van der Waals surface area contributed by atoms with Crippen molar-refractivity contribution in [3.63, 3.8) is 0 Å². The fourth-order valence-corrected chi connectivity index (χ4v) is 3.22. The number of nitrogens with two attached hydrogens (primary N) is 2. The number of carbonyl (C=O) groups is 3. The SMILES string of the molecule is CC/C=C\CCC(=O)NCCCCN(CCCNC(=O)CC/C=C\CC)C(=O)C(CN)CN.Cl.Cl. The van der Waals surface area contributed by atoms with E-state index in [-0.39, 0.29) is 61.5 Å². The van der Waals surface area contributed by atoms with Crippen LogP contribution in [0.2, 0.25) is 0 Å². The number of hydrogen-bond donors (Lipinski definition) is 4. The molecular weight excluding hydrogens is 489 g/mol. The van der Waals surface area contributed by atoms with Crippen molar-refractivity contribution < 1.29 is 14.4 Å². The van der Waals surface area contributed by atoms with E-state index in [0.717, 1.165) is 38.5 Å². The average Bonchev–Trinajstić information content (AvgIpc) is 2.81. The predicted octanol–water partition coefficient (Wildman–Crippen LogP) is 3.09. The first kappa shape index (κ1) is 37.9. The molecule has 0 unspecified atom stereocenters. The molecule has 0 saturated carbocycles. The van der Waals surface area contributed by atoms with Gasteiger partial charge in [0.1, 0.15) is 0 Å². The Morgan fingerprint density at radius 1 is 0.743 bits per heavy atom. The average molecular weight is 539 g/mol. The minimum absolute atomic E-state index is 0. The van der Waals surface area contributed by atoms with E-state index in [2.05, 4.69) is 36.6 Å². The summed E-state index contributed by atoms with van der Waals surface area (Å²) < 4.78 is 0. The van der Waals surface area contributed by atoms with E-state index in [4.69, 9.17) is 11.5 Å². The summed E-state index contributed by atoms with van der Waals surface area (Å²) in [5.74, 6) is -0.351. The van der Waals surface area contributed by atoms with Gasteiger partial charge in [-0.15, -0.1) is 24.8 Å². The van der Waals surface area contributed by atoms with Crippen LogP contribution in [0.4, 0.5) is 0 Å². The zero-order valence-electron chi connectivity index (χ0n) is 21.6. The number of hydrogen-bond acceptors (Lipinski definition) is 5. The number of amides is 3. The predicted molar refractivity (Wildman–Crippen MR) is 150 cm³/mol. The summed E-state index contributed by atoms with van der Waals surface area (Å²) in [6, 6.07) is 0. The van der Waals surface area contributed by atoms with Crippen molar-refractivity contribution >= 4 is 42.5 Å². The van der Waals surface area contributed by atoms with Crippen molar-refractivity contribution in [1.82, 2.24) is 15.5 Å². The van der Waals surface area contributed by atoms with Crippen LogP contribution in [0, 0.1) is 5.92 Å².